The highest BCUT2D eigenvalue weighted by molar-refractivity contribution is 14.0. The zero-order valence-corrected chi connectivity index (χ0v) is 21.5. The van der Waals surface area contributed by atoms with E-state index in [0.717, 1.165) is 44.5 Å². The molecule has 31 heavy (non-hydrogen) atoms. The number of likely N-dealkylation sites (tertiary alicyclic amines) is 2. The molecule has 2 saturated heterocycles. The number of guanidine groups is 1. The summed E-state index contributed by atoms with van der Waals surface area (Å²) >= 11 is 0. The molecule has 2 aliphatic heterocycles. The van der Waals surface area contributed by atoms with Crippen molar-refractivity contribution < 1.29 is 0 Å². The molecular weight excluding hydrogens is 499 g/mol. The van der Waals surface area contributed by atoms with E-state index in [1.54, 1.807) is 0 Å². The van der Waals surface area contributed by atoms with Crippen LogP contribution in [-0.4, -0.2) is 58.8 Å². The van der Waals surface area contributed by atoms with Gasteiger partial charge in [0.2, 0.25) is 0 Å². The van der Waals surface area contributed by atoms with E-state index >= 15 is 0 Å². The van der Waals surface area contributed by atoms with E-state index in [9.17, 15) is 0 Å². The van der Waals surface area contributed by atoms with E-state index in [-0.39, 0.29) is 24.0 Å². The van der Waals surface area contributed by atoms with Crippen molar-refractivity contribution in [1.82, 2.24) is 24.9 Å². The van der Waals surface area contributed by atoms with Gasteiger partial charge in [-0.15, -0.1) is 24.0 Å². The minimum absolute atomic E-state index is 0. The fraction of sp³-hybridized carbons (Fsp3) is 0.583. The van der Waals surface area contributed by atoms with Gasteiger partial charge in [0.05, 0.1) is 6.20 Å². The lowest BCUT2D eigenvalue weighted by atomic mass is 9.99. The van der Waals surface area contributed by atoms with E-state index in [1.165, 1.54) is 42.6 Å². The van der Waals surface area contributed by atoms with Crippen LogP contribution in [-0.2, 0) is 20.1 Å². The molecule has 6 nitrogen and oxygen atoms in total. The van der Waals surface area contributed by atoms with Crippen LogP contribution in [0.3, 0.4) is 0 Å². The molecule has 0 aliphatic carbocycles. The second-order valence-corrected chi connectivity index (χ2v) is 9.05. The summed E-state index contributed by atoms with van der Waals surface area (Å²) in [4.78, 5) is 9.47. The summed E-state index contributed by atoms with van der Waals surface area (Å²) in [5, 5.41) is 7.88. The zero-order chi connectivity index (χ0) is 20.9. The number of halogens is 1. The van der Waals surface area contributed by atoms with Crippen molar-refractivity contribution in [3.8, 4) is 0 Å². The number of aryl methyl sites for hydroxylation is 1. The van der Waals surface area contributed by atoms with Crippen molar-refractivity contribution in [2.75, 3.05) is 33.2 Å². The molecule has 1 aromatic heterocycles. The fourth-order valence-corrected chi connectivity index (χ4v) is 4.63. The fourth-order valence-electron chi connectivity index (χ4n) is 4.63. The third-order valence-corrected chi connectivity index (χ3v) is 6.65. The lowest BCUT2D eigenvalue weighted by Gasteiger charge is -2.30. The van der Waals surface area contributed by atoms with Crippen molar-refractivity contribution in [2.45, 2.75) is 45.2 Å². The first-order valence-electron chi connectivity index (χ1n) is 11.3. The average molecular weight is 537 g/mol. The molecule has 1 N–H and O–H groups in total. The highest BCUT2D eigenvalue weighted by atomic mass is 127. The van der Waals surface area contributed by atoms with Gasteiger partial charge in [0.25, 0.3) is 0 Å². The number of aromatic nitrogens is 2. The Morgan fingerprint density at radius 2 is 1.81 bits per heavy atom. The lowest BCUT2D eigenvalue weighted by Crippen LogP contribution is -2.39. The molecule has 170 valence electrons. The Morgan fingerprint density at radius 3 is 2.45 bits per heavy atom. The molecule has 1 aromatic carbocycles. The average Bonchev–Trinajstić information content (AvgIpc) is 3.41. The first-order valence-corrected chi connectivity index (χ1v) is 11.3. The van der Waals surface area contributed by atoms with Crippen molar-refractivity contribution in [3.63, 3.8) is 0 Å². The summed E-state index contributed by atoms with van der Waals surface area (Å²) in [6.07, 6.45) is 7.95. The number of nitrogens with zero attached hydrogens (tertiary/aromatic N) is 5. The van der Waals surface area contributed by atoms with Crippen LogP contribution in [0.15, 0.2) is 41.7 Å². The Morgan fingerprint density at radius 1 is 1.10 bits per heavy atom. The standard InChI is InChI=1S/C24H36N6.HI/c1-19-8-11-29(12-9-19)16-21-6-4-20(5-7-21)14-26-24(25-2)30-13-10-22(18-30)23-15-27-28(3)17-23;/h4-7,15,17,19,22H,8-14,16,18H2,1-3H3,(H,25,26);1H. The first kappa shape index (κ1) is 24.0. The molecule has 0 radical (unpaired) electrons. The van der Waals surface area contributed by atoms with E-state index in [4.69, 9.17) is 0 Å². The maximum absolute atomic E-state index is 4.52. The molecule has 0 amide bonds. The molecule has 2 aliphatic rings. The smallest absolute Gasteiger partial charge is 0.193 e. The number of benzene rings is 1. The van der Waals surface area contributed by atoms with Gasteiger partial charge in [0.15, 0.2) is 5.96 Å². The predicted molar refractivity (Wildman–Crippen MR) is 138 cm³/mol. The third-order valence-electron chi connectivity index (χ3n) is 6.65. The summed E-state index contributed by atoms with van der Waals surface area (Å²) in [5.41, 5.74) is 4.04. The summed E-state index contributed by atoms with van der Waals surface area (Å²) < 4.78 is 1.89. The summed E-state index contributed by atoms with van der Waals surface area (Å²) in [6.45, 7) is 8.75. The van der Waals surface area contributed by atoms with Gasteiger partial charge in [-0.25, -0.2) is 0 Å². The van der Waals surface area contributed by atoms with Crippen LogP contribution in [0, 0.1) is 5.92 Å². The number of rotatable bonds is 5. The van der Waals surface area contributed by atoms with Crippen molar-refractivity contribution in [3.05, 3.63) is 53.3 Å². The predicted octanol–water partition coefficient (Wildman–Crippen LogP) is 3.83. The largest absolute Gasteiger partial charge is 0.352 e. The minimum atomic E-state index is 0. The molecule has 1 atom stereocenters. The second-order valence-electron chi connectivity index (χ2n) is 9.05. The maximum Gasteiger partial charge on any atom is 0.193 e. The molecule has 0 bridgehead atoms. The normalized spacial score (nSPS) is 20.7. The van der Waals surface area contributed by atoms with Gasteiger partial charge in [-0.2, -0.15) is 5.10 Å². The van der Waals surface area contributed by atoms with Crippen LogP contribution in [0.25, 0.3) is 0 Å². The molecule has 4 rings (SSSR count). The van der Waals surface area contributed by atoms with Crippen LogP contribution >= 0.6 is 24.0 Å². The molecule has 2 fully saturated rings. The summed E-state index contributed by atoms with van der Waals surface area (Å²) in [6, 6.07) is 9.08. The molecule has 3 heterocycles. The second kappa shape index (κ2) is 11.3. The van der Waals surface area contributed by atoms with Crippen LogP contribution < -0.4 is 5.32 Å². The Hall–Kier alpha value is -1.61. The van der Waals surface area contributed by atoms with E-state index in [0.29, 0.717) is 5.92 Å². The summed E-state index contributed by atoms with van der Waals surface area (Å²) in [5.74, 6) is 2.42. The van der Waals surface area contributed by atoms with Crippen molar-refractivity contribution in [2.24, 2.45) is 18.0 Å². The number of nitrogens with one attached hydrogen (secondary N) is 1. The van der Waals surface area contributed by atoms with E-state index < -0.39 is 0 Å². The maximum atomic E-state index is 4.52. The summed E-state index contributed by atoms with van der Waals surface area (Å²) in [7, 11) is 3.86. The Bertz CT molecular complexity index is 838. The van der Waals surface area contributed by atoms with Gasteiger partial charge < -0.3 is 10.2 Å². The highest BCUT2D eigenvalue weighted by Gasteiger charge is 2.26. The van der Waals surface area contributed by atoms with Gasteiger partial charge in [0.1, 0.15) is 0 Å². The molecule has 0 spiro atoms. The number of aliphatic imine (C=N–C) groups is 1. The Kier molecular flexibility index (Phi) is 8.77. The van der Waals surface area contributed by atoms with Crippen molar-refractivity contribution in [1.29, 1.82) is 0 Å². The van der Waals surface area contributed by atoms with Crippen molar-refractivity contribution >= 4 is 29.9 Å². The highest BCUT2D eigenvalue weighted by Crippen LogP contribution is 2.26. The van der Waals surface area contributed by atoms with Gasteiger partial charge in [-0.3, -0.25) is 14.6 Å². The number of hydrogen-bond donors (Lipinski definition) is 1. The lowest BCUT2D eigenvalue weighted by molar-refractivity contribution is 0.185. The van der Waals surface area contributed by atoms with Gasteiger partial charge >= 0.3 is 0 Å². The van der Waals surface area contributed by atoms with E-state index in [2.05, 4.69) is 62.6 Å². The monoisotopic (exact) mass is 536 g/mol. The van der Waals surface area contributed by atoms with Crippen LogP contribution in [0.5, 0.6) is 0 Å². The molecule has 2 aromatic rings. The quantitative estimate of drug-likeness (QED) is 0.359. The first-order chi connectivity index (χ1) is 14.6. The van der Waals surface area contributed by atoms with Gasteiger partial charge in [-0.05, 0) is 55.0 Å². The SMILES string of the molecule is CN=C(NCc1ccc(CN2CCC(C)CC2)cc1)N1CCC(c2cnn(C)c2)C1.I. The number of piperidine rings is 1. The van der Waals surface area contributed by atoms with Gasteiger partial charge in [0, 0.05) is 52.4 Å². The molecular formula is C24H37IN6. The minimum Gasteiger partial charge on any atom is -0.352 e. The van der Waals surface area contributed by atoms with E-state index in [1.807, 2.05) is 25.0 Å². The Balaban J connectivity index is 0.00000272. The topological polar surface area (TPSA) is 48.7 Å². The molecule has 0 saturated carbocycles. The molecule has 7 heteroatoms. The van der Waals surface area contributed by atoms with Crippen LogP contribution in [0.1, 0.15) is 48.8 Å². The van der Waals surface area contributed by atoms with Gasteiger partial charge in [-0.1, -0.05) is 31.2 Å². The Labute approximate surface area is 204 Å². The number of hydrogen-bond acceptors (Lipinski definition) is 3. The molecule has 1 unspecified atom stereocenters. The zero-order valence-electron chi connectivity index (χ0n) is 19.1. The third kappa shape index (κ3) is 6.44. The van der Waals surface area contributed by atoms with Crippen LogP contribution in [0.4, 0.5) is 0 Å². The van der Waals surface area contributed by atoms with Crippen LogP contribution in [0.2, 0.25) is 0 Å².